The zero-order valence-electron chi connectivity index (χ0n) is 9.94. The van der Waals surface area contributed by atoms with Crippen LogP contribution in [0.2, 0.25) is 0 Å². The SMILES string of the molecule is CN1C(=O)[C@@H](N)CCn2nc(C3CC3(F)F)cc21. The first-order chi connectivity index (χ1) is 8.40. The molecule has 1 unspecified atom stereocenters. The number of carbonyl (C=O) groups excluding carboxylic acids is 1. The molecule has 5 nitrogen and oxygen atoms in total. The van der Waals surface area contributed by atoms with Gasteiger partial charge in [0.05, 0.1) is 17.7 Å². The highest BCUT2D eigenvalue weighted by molar-refractivity contribution is 5.96. The minimum absolute atomic E-state index is 0.152. The molecular formula is C11H14F2N4O. The second kappa shape index (κ2) is 3.50. The number of amides is 1. The number of aromatic nitrogens is 2. The average Bonchev–Trinajstić information content (AvgIpc) is 2.81. The Labute approximate surface area is 103 Å². The number of nitrogens with two attached hydrogens (primary N) is 1. The number of aryl methyl sites for hydroxylation is 1. The van der Waals surface area contributed by atoms with Gasteiger partial charge in [-0.15, -0.1) is 0 Å². The van der Waals surface area contributed by atoms with Gasteiger partial charge >= 0.3 is 0 Å². The second-order valence-electron chi connectivity index (χ2n) is 4.96. The third-order valence-corrected chi connectivity index (χ3v) is 3.60. The Morgan fingerprint density at radius 2 is 2.22 bits per heavy atom. The van der Waals surface area contributed by atoms with Gasteiger partial charge in [0.25, 0.3) is 5.92 Å². The lowest BCUT2D eigenvalue weighted by molar-refractivity contribution is -0.119. The lowest BCUT2D eigenvalue weighted by Crippen LogP contribution is -2.40. The molecule has 2 heterocycles. The van der Waals surface area contributed by atoms with Gasteiger partial charge in [0.1, 0.15) is 5.82 Å². The Hall–Kier alpha value is -1.50. The summed E-state index contributed by atoms with van der Waals surface area (Å²) in [5.41, 5.74) is 6.07. The number of carbonyl (C=O) groups is 1. The van der Waals surface area contributed by atoms with Crippen molar-refractivity contribution in [2.45, 2.75) is 37.3 Å². The predicted octanol–water partition coefficient (Wildman–Crippen LogP) is 0.699. The van der Waals surface area contributed by atoms with Crippen LogP contribution >= 0.6 is 0 Å². The summed E-state index contributed by atoms with van der Waals surface area (Å²) < 4.78 is 27.6. The molecule has 0 saturated heterocycles. The summed E-state index contributed by atoms with van der Waals surface area (Å²) in [6.07, 6.45) is 0.318. The molecule has 98 valence electrons. The van der Waals surface area contributed by atoms with Crippen LogP contribution in [-0.2, 0) is 11.3 Å². The Bertz CT molecular complexity index is 513. The maximum atomic E-state index is 13.0. The van der Waals surface area contributed by atoms with Gasteiger partial charge in [-0.2, -0.15) is 5.10 Å². The van der Waals surface area contributed by atoms with Crippen LogP contribution in [0.4, 0.5) is 14.6 Å². The van der Waals surface area contributed by atoms with Crippen LogP contribution < -0.4 is 10.6 Å². The molecule has 3 rings (SSSR count). The molecule has 1 aromatic rings. The van der Waals surface area contributed by atoms with Crippen molar-refractivity contribution in [2.24, 2.45) is 5.73 Å². The molecule has 1 aromatic heterocycles. The van der Waals surface area contributed by atoms with Gasteiger partial charge in [0.15, 0.2) is 0 Å². The Balaban J connectivity index is 1.94. The number of hydrogen-bond acceptors (Lipinski definition) is 3. The molecule has 2 N–H and O–H groups in total. The monoisotopic (exact) mass is 256 g/mol. The first-order valence-corrected chi connectivity index (χ1v) is 5.89. The number of hydrogen-bond donors (Lipinski definition) is 1. The molecule has 18 heavy (non-hydrogen) atoms. The zero-order valence-corrected chi connectivity index (χ0v) is 9.94. The van der Waals surface area contributed by atoms with Gasteiger partial charge in [-0.3, -0.25) is 9.69 Å². The highest BCUT2D eigenvalue weighted by atomic mass is 19.3. The number of anilines is 1. The smallest absolute Gasteiger partial charge is 0.257 e. The summed E-state index contributed by atoms with van der Waals surface area (Å²) in [6.45, 7) is 0.477. The topological polar surface area (TPSA) is 64.2 Å². The molecule has 1 aliphatic heterocycles. The van der Waals surface area contributed by atoms with Gasteiger partial charge < -0.3 is 5.73 Å². The zero-order chi connectivity index (χ0) is 13.1. The molecule has 1 amide bonds. The molecule has 1 aliphatic carbocycles. The third kappa shape index (κ3) is 1.61. The summed E-state index contributed by atoms with van der Waals surface area (Å²) in [4.78, 5) is 13.2. The van der Waals surface area contributed by atoms with Crippen molar-refractivity contribution in [3.05, 3.63) is 11.8 Å². The maximum Gasteiger partial charge on any atom is 0.257 e. The van der Waals surface area contributed by atoms with Crippen molar-refractivity contribution in [3.8, 4) is 0 Å². The van der Waals surface area contributed by atoms with E-state index in [-0.39, 0.29) is 12.3 Å². The lowest BCUT2D eigenvalue weighted by Gasteiger charge is -2.16. The minimum Gasteiger partial charge on any atom is -0.320 e. The van der Waals surface area contributed by atoms with E-state index in [1.807, 2.05) is 0 Å². The Kier molecular flexibility index (Phi) is 2.25. The van der Waals surface area contributed by atoms with Crippen LogP contribution in [0, 0.1) is 0 Å². The van der Waals surface area contributed by atoms with Gasteiger partial charge in [-0.1, -0.05) is 0 Å². The normalized spacial score (nSPS) is 30.0. The van der Waals surface area contributed by atoms with E-state index in [2.05, 4.69) is 5.10 Å². The highest BCUT2D eigenvalue weighted by Gasteiger charge is 2.59. The fraction of sp³-hybridized carbons (Fsp3) is 0.636. The summed E-state index contributed by atoms with van der Waals surface area (Å²) in [6, 6.07) is 1.02. The maximum absolute atomic E-state index is 13.0. The van der Waals surface area contributed by atoms with Gasteiger partial charge in [-0.25, -0.2) is 13.5 Å². The van der Waals surface area contributed by atoms with E-state index in [4.69, 9.17) is 5.73 Å². The van der Waals surface area contributed by atoms with Crippen molar-refractivity contribution in [2.75, 3.05) is 11.9 Å². The summed E-state index contributed by atoms with van der Waals surface area (Å²) in [7, 11) is 1.59. The van der Waals surface area contributed by atoms with Crippen molar-refractivity contribution in [3.63, 3.8) is 0 Å². The molecule has 0 aromatic carbocycles. The van der Waals surface area contributed by atoms with Crippen LogP contribution in [0.3, 0.4) is 0 Å². The first-order valence-electron chi connectivity index (χ1n) is 5.89. The molecule has 0 bridgehead atoms. The number of halogens is 2. The third-order valence-electron chi connectivity index (χ3n) is 3.60. The number of fused-ring (bicyclic) bond motifs is 1. The van der Waals surface area contributed by atoms with Crippen LogP contribution in [0.1, 0.15) is 24.5 Å². The van der Waals surface area contributed by atoms with E-state index in [1.54, 1.807) is 17.8 Å². The molecular weight excluding hydrogens is 242 g/mol. The first kappa shape index (κ1) is 11.6. The number of rotatable bonds is 1. The number of nitrogens with zero attached hydrogens (tertiary/aromatic N) is 3. The standard InChI is InChI=1S/C11H14F2N4O/c1-16-9-4-8(6-5-11(6,12)13)15-17(9)3-2-7(14)10(16)18/h4,6-7H,2-3,5,14H2,1H3/t6?,7-/m0/s1. The minimum atomic E-state index is -2.64. The molecule has 1 fully saturated rings. The van der Waals surface area contributed by atoms with E-state index < -0.39 is 17.9 Å². The fourth-order valence-corrected chi connectivity index (χ4v) is 2.31. The lowest BCUT2D eigenvalue weighted by atomic mass is 10.2. The van der Waals surface area contributed by atoms with E-state index in [0.29, 0.717) is 24.5 Å². The highest BCUT2D eigenvalue weighted by Crippen LogP contribution is 2.55. The molecule has 2 atom stereocenters. The molecule has 1 saturated carbocycles. The number of likely N-dealkylation sites (N-methyl/N-ethyl adjacent to an activating group) is 1. The van der Waals surface area contributed by atoms with Crippen molar-refractivity contribution in [1.29, 1.82) is 0 Å². The molecule has 0 spiro atoms. The summed E-state index contributed by atoms with van der Waals surface area (Å²) in [5, 5.41) is 4.17. The van der Waals surface area contributed by atoms with Crippen LogP contribution in [0.25, 0.3) is 0 Å². The Morgan fingerprint density at radius 1 is 1.56 bits per heavy atom. The van der Waals surface area contributed by atoms with E-state index in [9.17, 15) is 13.6 Å². The number of alkyl halides is 2. The van der Waals surface area contributed by atoms with Gasteiger partial charge in [0, 0.05) is 26.1 Å². The second-order valence-corrected chi connectivity index (χ2v) is 4.96. The van der Waals surface area contributed by atoms with E-state index >= 15 is 0 Å². The quantitative estimate of drug-likeness (QED) is 0.804. The van der Waals surface area contributed by atoms with Crippen LogP contribution in [0.15, 0.2) is 6.07 Å². The summed E-state index contributed by atoms with van der Waals surface area (Å²) >= 11 is 0. The van der Waals surface area contributed by atoms with Crippen LogP contribution in [-0.4, -0.2) is 34.7 Å². The van der Waals surface area contributed by atoms with Crippen molar-refractivity contribution < 1.29 is 13.6 Å². The fourth-order valence-electron chi connectivity index (χ4n) is 2.31. The predicted molar refractivity (Wildman–Crippen MR) is 60.5 cm³/mol. The molecule has 7 heteroatoms. The molecule has 2 aliphatic rings. The summed E-state index contributed by atoms with van der Waals surface area (Å²) in [5.74, 6) is -3.10. The van der Waals surface area contributed by atoms with Crippen LogP contribution in [0.5, 0.6) is 0 Å². The van der Waals surface area contributed by atoms with Gasteiger partial charge in [-0.05, 0) is 6.42 Å². The Morgan fingerprint density at radius 3 is 2.83 bits per heavy atom. The largest absolute Gasteiger partial charge is 0.320 e. The van der Waals surface area contributed by atoms with Crippen molar-refractivity contribution >= 4 is 11.7 Å². The average molecular weight is 256 g/mol. The van der Waals surface area contributed by atoms with Crippen molar-refractivity contribution in [1.82, 2.24) is 9.78 Å². The van der Waals surface area contributed by atoms with E-state index in [0.717, 1.165) is 0 Å². The van der Waals surface area contributed by atoms with Gasteiger partial charge in [0.2, 0.25) is 5.91 Å². The molecule has 0 radical (unpaired) electrons. The van der Waals surface area contributed by atoms with E-state index in [1.165, 1.54) is 4.90 Å².